The Hall–Kier alpha value is -2.17. The Kier molecular flexibility index (Phi) is 1.98. The van der Waals surface area contributed by atoms with E-state index in [-0.39, 0.29) is 5.56 Å². The Morgan fingerprint density at radius 1 is 1.36 bits per heavy atom. The molecule has 0 fully saturated rings. The minimum absolute atomic E-state index is 0.237. The largest absolute Gasteiger partial charge is 0.385 e. The number of pyridine rings is 1. The molecule has 0 aromatic carbocycles. The number of nitrogens with zero attached hydrogens (tertiary/aromatic N) is 2. The predicted molar refractivity (Wildman–Crippen MR) is 52.5 cm³/mol. The smallest absolute Gasteiger partial charge is 0.250 e. The summed E-state index contributed by atoms with van der Waals surface area (Å²) >= 11 is 0. The van der Waals surface area contributed by atoms with E-state index in [1.54, 1.807) is 18.3 Å². The molecular weight excluding hydrogens is 180 g/mol. The summed E-state index contributed by atoms with van der Waals surface area (Å²) in [6, 6.07) is 4.82. The summed E-state index contributed by atoms with van der Waals surface area (Å²) < 4.78 is 0. The highest BCUT2D eigenvalue weighted by atomic mass is 16.1. The van der Waals surface area contributed by atoms with Crippen LogP contribution in [-0.2, 0) is 0 Å². The van der Waals surface area contributed by atoms with Crippen molar-refractivity contribution in [1.29, 1.82) is 0 Å². The van der Waals surface area contributed by atoms with Gasteiger partial charge in [0.05, 0.1) is 5.69 Å². The Morgan fingerprint density at radius 2 is 2.21 bits per heavy atom. The van der Waals surface area contributed by atoms with Crippen LogP contribution >= 0.6 is 0 Å². The molecule has 0 atom stereocenters. The van der Waals surface area contributed by atoms with E-state index >= 15 is 0 Å². The first-order chi connectivity index (χ1) is 6.75. The fraction of sp³-hybridized carbons (Fsp3) is 0. The minimum Gasteiger partial charge on any atom is -0.385 e. The van der Waals surface area contributed by atoms with Gasteiger partial charge in [-0.1, -0.05) is 0 Å². The summed E-state index contributed by atoms with van der Waals surface area (Å²) in [4.78, 5) is 21.4. The van der Waals surface area contributed by atoms with Gasteiger partial charge < -0.3 is 10.7 Å². The van der Waals surface area contributed by atoms with Crippen molar-refractivity contribution in [3.63, 3.8) is 0 Å². The third-order valence-corrected chi connectivity index (χ3v) is 1.74. The second-order valence-corrected chi connectivity index (χ2v) is 2.78. The van der Waals surface area contributed by atoms with Crippen molar-refractivity contribution in [2.24, 2.45) is 0 Å². The molecular formula is C9H8N4O. The number of nitrogens with two attached hydrogens (primary N) is 1. The van der Waals surface area contributed by atoms with Gasteiger partial charge in [0.25, 0.3) is 0 Å². The van der Waals surface area contributed by atoms with E-state index in [2.05, 4.69) is 15.0 Å². The Labute approximate surface area is 79.6 Å². The standard InChI is InChI=1S/C9H8N4O/c10-8-3-6(4-9(14)13-8)7-1-2-11-5-12-7/h1-5H,(H3,10,13,14). The van der Waals surface area contributed by atoms with Gasteiger partial charge in [-0.05, 0) is 12.1 Å². The molecule has 0 radical (unpaired) electrons. The number of nitrogen functional groups attached to an aromatic ring is 1. The van der Waals surface area contributed by atoms with Crippen LogP contribution in [0.25, 0.3) is 11.3 Å². The maximum absolute atomic E-state index is 11.1. The van der Waals surface area contributed by atoms with Crippen LogP contribution in [0.15, 0.2) is 35.5 Å². The second kappa shape index (κ2) is 3.29. The van der Waals surface area contributed by atoms with Gasteiger partial charge >= 0.3 is 0 Å². The average molecular weight is 188 g/mol. The fourth-order valence-corrected chi connectivity index (χ4v) is 1.17. The molecule has 0 amide bonds. The van der Waals surface area contributed by atoms with Crippen LogP contribution in [0, 0.1) is 0 Å². The molecule has 0 spiro atoms. The molecule has 0 aliphatic rings. The maximum atomic E-state index is 11.1. The predicted octanol–water partition coefficient (Wildman–Crippen LogP) is 0.414. The number of nitrogens with one attached hydrogen (secondary N) is 1. The summed E-state index contributed by atoms with van der Waals surface area (Å²) in [5.41, 5.74) is 6.63. The summed E-state index contributed by atoms with van der Waals surface area (Å²) in [5, 5.41) is 0. The molecule has 0 saturated carbocycles. The number of anilines is 1. The highest BCUT2D eigenvalue weighted by molar-refractivity contribution is 5.61. The molecule has 5 heteroatoms. The van der Waals surface area contributed by atoms with Crippen LogP contribution in [0.4, 0.5) is 5.82 Å². The summed E-state index contributed by atoms with van der Waals surface area (Å²) in [5.74, 6) is 0.325. The van der Waals surface area contributed by atoms with Crippen LogP contribution in [0.3, 0.4) is 0 Å². The molecule has 14 heavy (non-hydrogen) atoms. The van der Waals surface area contributed by atoms with E-state index < -0.39 is 0 Å². The molecule has 0 bridgehead atoms. The number of hydrogen-bond acceptors (Lipinski definition) is 4. The lowest BCUT2D eigenvalue weighted by molar-refractivity contribution is 1.16. The monoisotopic (exact) mass is 188 g/mol. The third-order valence-electron chi connectivity index (χ3n) is 1.74. The van der Waals surface area contributed by atoms with Crippen molar-refractivity contribution in [2.45, 2.75) is 0 Å². The van der Waals surface area contributed by atoms with Crippen LogP contribution in [-0.4, -0.2) is 15.0 Å². The lowest BCUT2D eigenvalue weighted by Gasteiger charge is -1.99. The van der Waals surface area contributed by atoms with Crippen molar-refractivity contribution in [3.05, 3.63) is 41.1 Å². The Balaban J connectivity index is 2.58. The molecule has 2 aromatic rings. The van der Waals surface area contributed by atoms with Crippen molar-refractivity contribution in [2.75, 3.05) is 5.73 Å². The molecule has 2 aromatic heterocycles. The molecule has 3 N–H and O–H groups in total. The zero-order valence-electron chi connectivity index (χ0n) is 7.27. The van der Waals surface area contributed by atoms with Crippen molar-refractivity contribution < 1.29 is 0 Å². The van der Waals surface area contributed by atoms with E-state index in [0.717, 1.165) is 0 Å². The first kappa shape index (κ1) is 8.43. The molecule has 2 rings (SSSR count). The molecule has 0 aliphatic carbocycles. The van der Waals surface area contributed by atoms with Crippen LogP contribution in [0.1, 0.15) is 0 Å². The van der Waals surface area contributed by atoms with Crippen LogP contribution < -0.4 is 11.3 Å². The molecule has 0 unspecified atom stereocenters. The second-order valence-electron chi connectivity index (χ2n) is 2.78. The van der Waals surface area contributed by atoms with E-state index in [4.69, 9.17) is 5.73 Å². The molecule has 70 valence electrons. The highest BCUT2D eigenvalue weighted by Crippen LogP contribution is 2.14. The SMILES string of the molecule is Nc1cc(-c2ccncn2)cc(=O)[nH]1. The first-order valence-corrected chi connectivity index (χ1v) is 4.02. The summed E-state index contributed by atoms with van der Waals surface area (Å²) in [6.45, 7) is 0. The van der Waals surface area contributed by atoms with E-state index in [1.807, 2.05) is 0 Å². The molecule has 2 heterocycles. The van der Waals surface area contributed by atoms with Crippen LogP contribution in [0.5, 0.6) is 0 Å². The highest BCUT2D eigenvalue weighted by Gasteiger charge is 2.00. The van der Waals surface area contributed by atoms with Crippen molar-refractivity contribution >= 4 is 5.82 Å². The Morgan fingerprint density at radius 3 is 2.86 bits per heavy atom. The van der Waals surface area contributed by atoms with Gasteiger partial charge in [-0.15, -0.1) is 0 Å². The van der Waals surface area contributed by atoms with E-state index in [1.165, 1.54) is 12.4 Å². The summed E-state index contributed by atoms with van der Waals surface area (Å²) in [6.07, 6.45) is 3.03. The number of hydrogen-bond donors (Lipinski definition) is 2. The zero-order chi connectivity index (χ0) is 9.97. The van der Waals surface area contributed by atoms with Crippen molar-refractivity contribution in [1.82, 2.24) is 15.0 Å². The average Bonchev–Trinajstić information content (AvgIpc) is 2.18. The van der Waals surface area contributed by atoms with Crippen molar-refractivity contribution in [3.8, 4) is 11.3 Å². The zero-order valence-corrected chi connectivity index (χ0v) is 7.27. The van der Waals surface area contributed by atoms with Gasteiger partial charge in [0.2, 0.25) is 5.56 Å². The topological polar surface area (TPSA) is 84.7 Å². The number of aromatic nitrogens is 3. The third kappa shape index (κ3) is 1.61. The van der Waals surface area contributed by atoms with Gasteiger partial charge in [-0.3, -0.25) is 4.79 Å². The van der Waals surface area contributed by atoms with Gasteiger partial charge in [-0.25, -0.2) is 9.97 Å². The molecule has 0 aliphatic heterocycles. The number of rotatable bonds is 1. The minimum atomic E-state index is -0.237. The van der Waals surface area contributed by atoms with Gasteiger partial charge in [0.1, 0.15) is 12.1 Å². The van der Waals surface area contributed by atoms with Gasteiger partial charge in [0.15, 0.2) is 0 Å². The van der Waals surface area contributed by atoms with Crippen LogP contribution in [0.2, 0.25) is 0 Å². The maximum Gasteiger partial charge on any atom is 0.250 e. The Bertz CT molecular complexity index is 492. The normalized spacial score (nSPS) is 10.0. The quantitative estimate of drug-likeness (QED) is 0.679. The fourth-order valence-electron chi connectivity index (χ4n) is 1.17. The number of H-pyrrole nitrogens is 1. The first-order valence-electron chi connectivity index (χ1n) is 4.02. The van der Waals surface area contributed by atoms with Gasteiger partial charge in [-0.2, -0.15) is 0 Å². The van der Waals surface area contributed by atoms with E-state index in [0.29, 0.717) is 17.1 Å². The van der Waals surface area contributed by atoms with Gasteiger partial charge in [0, 0.05) is 17.8 Å². The van der Waals surface area contributed by atoms with E-state index in [9.17, 15) is 4.79 Å². The molecule has 5 nitrogen and oxygen atoms in total. The number of aromatic amines is 1. The summed E-state index contributed by atoms with van der Waals surface area (Å²) in [7, 11) is 0. The lowest BCUT2D eigenvalue weighted by atomic mass is 10.2. The molecule has 0 saturated heterocycles. The lowest BCUT2D eigenvalue weighted by Crippen LogP contribution is -2.07.